The van der Waals surface area contributed by atoms with Gasteiger partial charge in [0.05, 0.1) is 29.2 Å². The average Bonchev–Trinajstić information content (AvgIpc) is 3.51. The first-order valence-electron chi connectivity index (χ1n) is 10.6. The standard InChI is InChI=1S/C25H21N3O2S2/c26-13-17-7-9-18(10-8-17)14-27-15-19(21-5-1-2-6-22(21)27)12-23-24(29)28(25(31)32-23)16-20-4-3-11-30-20/h1-2,5-10,12,15,20H,3-4,11,14,16H2/b23-12-/t20-/m0/s1. The van der Waals surface area contributed by atoms with E-state index in [0.717, 1.165) is 41.5 Å². The second-order valence-corrected chi connectivity index (χ2v) is 9.64. The molecule has 0 radical (unpaired) electrons. The molecule has 7 heteroatoms. The molecular formula is C25H21N3O2S2. The van der Waals surface area contributed by atoms with Crippen molar-refractivity contribution in [2.75, 3.05) is 13.2 Å². The molecule has 1 amide bonds. The van der Waals surface area contributed by atoms with E-state index in [0.29, 0.717) is 27.9 Å². The highest BCUT2D eigenvalue weighted by Gasteiger charge is 2.34. The maximum Gasteiger partial charge on any atom is 0.266 e. The molecule has 160 valence electrons. The van der Waals surface area contributed by atoms with Gasteiger partial charge >= 0.3 is 0 Å². The van der Waals surface area contributed by atoms with Crippen LogP contribution in [0, 0.1) is 11.3 Å². The zero-order valence-electron chi connectivity index (χ0n) is 17.4. The zero-order chi connectivity index (χ0) is 22.1. The van der Waals surface area contributed by atoms with E-state index in [1.165, 1.54) is 11.8 Å². The van der Waals surface area contributed by atoms with Gasteiger partial charge in [0, 0.05) is 35.8 Å². The summed E-state index contributed by atoms with van der Waals surface area (Å²) in [5, 5.41) is 10.1. The number of rotatable bonds is 5. The Bertz CT molecular complexity index is 1260. The minimum Gasteiger partial charge on any atom is -0.376 e. The van der Waals surface area contributed by atoms with Crippen molar-refractivity contribution in [3.05, 3.63) is 76.3 Å². The number of thioether (sulfide) groups is 1. The van der Waals surface area contributed by atoms with Crippen LogP contribution in [0.1, 0.15) is 29.5 Å². The Kier molecular flexibility index (Phi) is 5.83. The lowest BCUT2D eigenvalue weighted by Crippen LogP contribution is -2.35. The first-order chi connectivity index (χ1) is 15.6. The van der Waals surface area contributed by atoms with E-state index in [2.05, 4.69) is 29.0 Å². The summed E-state index contributed by atoms with van der Waals surface area (Å²) in [4.78, 5) is 15.4. The Morgan fingerprint density at radius 1 is 1.22 bits per heavy atom. The van der Waals surface area contributed by atoms with Crippen LogP contribution >= 0.6 is 24.0 Å². The van der Waals surface area contributed by atoms with Crippen LogP contribution in [0.4, 0.5) is 0 Å². The second-order valence-electron chi connectivity index (χ2n) is 7.97. The number of hydrogen-bond donors (Lipinski definition) is 0. The molecule has 5 rings (SSSR count). The minimum absolute atomic E-state index is 0.0422. The average molecular weight is 460 g/mol. The van der Waals surface area contributed by atoms with Crippen LogP contribution in [0.15, 0.2) is 59.6 Å². The van der Waals surface area contributed by atoms with Gasteiger partial charge in [-0.15, -0.1) is 0 Å². The van der Waals surface area contributed by atoms with E-state index in [9.17, 15) is 4.79 Å². The molecular weight excluding hydrogens is 438 g/mol. The maximum atomic E-state index is 13.1. The Morgan fingerprint density at radius 3 is 2.78 bits per heavy atom. The third-order valence-corrected chi connectivity index (χ3v) is 7.20. The molecule has 2 aromatic carbocycles. The van der Waals surface area contributed by atoms with Crippen molar-refractivity contribution in [1.82, 2.24) is 9.47 Å². The fourth-order valence-electron chi connectivity index (χ4n) is 4.19. The highest BCUT2D eigenvalue weighted by molar-refractivity contribution is 8.26. The van der Waals surface area contributed by atoms with E-state index >= 15 is 0 Å². The smallest absolute Gasteiger partial charge is 0.266 e. The molecule has 0 unspecified atom stereocenters. The van der Waals surface area contributed by atoms with Crippen LogP contribution in [-0.4, -0.2) is 39.0 Å². The molecule has 0 saturated carbocycles. The summed E-state index contributed by atoms with van der Waals surface area (Å²) in [5.41, 5.74) is 3.85. The number of nitrogens with zero attached hydrogens (tertiary/aromatic N) is 3. The highest BCUT2D eigenvalue weighted by atomic mass is 32.2. The number of thiocarbonyl (C=S) groups is 1. The van der Waals surface area contributed by atoms with Gasteiger partial charge in [0.25, 0.3) is 5.91 Å². The van der Waals surface area contributed by atoms with Gasteiger partial charge in [0.15, 0.2) is 0 Å². The topological polar surface area (TPSA) is 58.3 Å². The molecule has 0 N–H and O–H groups in total. The number of carbonyl (C=O) groups excluding carboxylic acids is 1. The van der Waals surface area contributed by atoms with Gasteiger partial charge in [-0.25, -0.2) is 0 Å². The zero-order valence-corrected chi connectivity index (χ0v) is 19.0. The number of aromatic nitrogens is 1. The summed E-state index contributed by atoms with van der Waals surface area (Å²) in [6.07, 6.45) is 6.11. The third kappa shape index (κ3) is 4.09. The Morgan fingerprint density at radius 2 is 2.03 bits per heavy atom. The van der Waals surface area contributed by atoms with Crippen molar-refractivity contribution in [1.29, 1.82) is 5.26 Å². The van der Waals surface area contributed by atoms with E-state index in [1.54, 1.807) is 4.90 Å². The summed E-state index contributed by atoms with van der Waals surface area (Å²) in [6, 6.07) is 18.0. The van der Waals surface area contributed by atoms with Crippen molar-refractivity contribution in [3.8, 4) is 6.07 Å². The molecule has 32 heavy (non-hydrogen) atoms. The van der Waals surface area contributed by atoms with E-state index in [4.69, 9.17) is 22.2 Å². The number of carbonyl (C=O) groups is 1. The van der Waals surface area contributed by atoms with Crippen molar-refractivity contribution in [2.45, 2.75) is 25.5 Å². The van der Waals surface area contributed by atoms with Gasteiger partial charge in [-0.2, -0.15) is 5.26 Å². The normalized spacial score (nSPS) is 19.9. The molecule has 1 atom stereocenters. The molecule has 2 aliphatic heterocycles. The lowest BCUT2D eigenvalue weighted by atomic mass is 10.1. The summed E-state index contributed by atoms with van der Waals surface area (Å²) in [6.45, 7) is 1.97. The number of ether oxygens (including phenoxy) is 1. The lowest BCUT2D eigenvalue weighted by Gasteiger charge is -2.18. The first-order valence-corrected chi connectivity index (χ1v) is 11.8. The van der Waals surface area contributed by atoms with Gasteiger partial charge in [0.2, 0.25) is 0 Å². The van der Waals surface area contributed by atoms with Crippen molar-refractivity contribution >= 4 is 51.2 Å². The van der Waals surface area contributed by atoms with Gasteiger partial charge in [-0.1, -0.05) is 54.3 Å². The molecule has 0 spiro atoms. The monoisotopic (exact) mass is 459 g/mol. The van der Waals surface area contributed by atoms with E-state index in [-0.39, 0.29) is 12.0 Å². The van der Waals surface area contributed by atoms with Crippen LogP contribution in [0.3, 0.4) is 0 Å². The number of para-hydroxylation sites is 1. The first kappa shape index (κ1) is 21.0. The van der Waals surface area contributed by atoms with Crippen LogP contribution < -0.4 is 0 Å². The molecule has 3 aromatic rings. The van der Waals surface area contributed by atoms with Crippen LogP contribution in [0.5, 0.6) is 0 Å². The van der Waals surface area contributed by atoms with Crippen LogP contribution in [-0.2, 0) is 16.1 Å². The number of benzene rings is 2. The molecule has 1 aromatic heterocycles. The molecule has 0 bridgehead atoms. The van der Waals surface area contributed by atoms with Gasteiger partial charge in [0.1, 0.15) is 4.32 Å². The minimum atomic E-state index is -0.0422. The van der Waals surface area contributed by atoms with Crippen molar-refractivity contribution in [3.63, 3.8) is 0 Å². The number of hydrogen-bond acceptors (Lipinski definition) is 5. The van der Waals surface area contributed by atoms with E-state index in [1.807, 2.05) is 42.5 Å². The van der Waals surface area contributed by atoms with E-state index < -0.39 is 0 Å². The van der Waals surface area contributed by atoms with Crippen molar-refractivity contribution < 1.29 is 9.53 Å². The maximum absolute atomic E-state index is 13.1. The third-order valence-electron chi connectivity index (χ3n) is 5.83. The fourth-order valence-corrected chi connectivity index (χ4v) is 5.46. The fraction of sp³-hybridized carbons (Fsp3) is 0.240. The number of fused-ring (bicyclic) bond motifs is 1. The van der Waals surface area contributed by atoms with Gasteiger partial charge < -0.3 is 9.30 Å². The quantitative estimate of drug-likeness (QED) is 0.400. The van der Waals surface area contributed by atoms with Crippen LogP contribution in [0.25, 0.3) is 17.0 Å². The highest BCUT2D eigenvalue weighted by Crippen LogP contribution is 2.35. The summed E-state index contributed by atoms with van der Waals surface area (Å²) < 4.78 is 8.47. The molecule has 2 aliphatic rings. The van der Waals surface area contributed by atoms with Crippen molar-refractivity contribution in [2.24, 2.45) is 0 Å². The largest absolute Gasteiger partial charge is 0.376 e. The van der Waals surface area contributed by atoms with Crippen LogP contribution in [0.2, 0.25) is 0 Å². The molecule has 3 heterocycles. The summed E-state index contributed by atoms with van der Waals surface area (Å²) in [7, 11) is 0. The predicted molar refractivity (Wildman–Crippen MR) is 131 cm³/mol. The second kappa shape index (κ2) is 8.91. The molecule has 5 nitrogen and oxygen atoms in total. The Labute approximate surface area is 196 Å². The summed E-state index contributed by atoms with van der Waals surface area (Å²) in [5.74, 6) is -0.0422. The summed E-state index contributed by atoms with van der Waals surface area (Å²) >= 11 is 6.86. The Balaban J connectivity index is 1.44. The predicted octanol–water partition coefficient (Wildman–Crippen LogP) is 4.94. The van der Waals surface area contributed by atoms with Gasteiger partial charge in [-0.05, 0) is 42.7 Å². The number of amides is 1. The molecule has 2 saturated heterocycles. The number of nitriles is 1. The molecule has 0 aliphatic carbocycles. The SMILES string of the molecule is N#Cc1ccc(Cn2cc(/C=C3\SC(=S)N(C[C@@H]4CCCO4)C3=O)c3ccccc32)cc1. The lowest BCUT2D eigenvalue weighted by molar-refractivity contribution is -0.123. The Hall–Kier alpha value is -2.92. The molecule has 2 fully saturated rings. The van der Waals surface area contributed by atoms with Gasteiger partial charge in [-0.3, -0.25) is 9.69 Å².